The lowest BCUT2D eigenvalue weighted by Gasteiger charge is -2.37. The van der Waals surface area contributed by atoms with Crippen molar-refractivity contribution in [3.05, 3.63) is 58.6 Å². The Morgan fingerprint density at radius 1 is 1.08 bits per heavy atom. The highest BCUT2D eigenvalue weighted by Crippen LogP contribution is 2.23. The number of carbonyl (C=O) groups is 1. The molecule has 2 aromatic rings. The molecule has 0 bridgehead atoms. The van der Waals surface area contributed by atoms with Crippen LogP contribution in [0.1, 0.15) is 11.1 Å². The topological polar surface area (TPSA) is 44.8 Å². The summed E-state index contributed by atoms with van der Waals surface area (Å²) >= 11 is 5.84. The lowest BCUT2D eigenvalue weighted by molar-refractivity contribution is 0.181. The summed E-state index contributed by atoms with van der Waals surface area (Å²) < 4.78 is 5.51. The second kappa shape index (κ2) is 8.32. The monoisotopic (exact) mass is 373 g/mol. The predicted octanol–water partition coefficient (Wildman–Crippen LogP) is 3.82. The highest BCUT2D eigenvalue weighted by atomic mass is 35.5. The molecule has 1 heterocycles. The lowest BCUT2D eigenvalue weighted by Crippen LogP contribution is -2.52. The normalized spacial score (nSPS) is 14.3. The van der Waals surface area contributed by atoms with Crippen molar-refractivity contribution in [3.8, 4) is 5.75 Å². The first-order chi connectivity index (χ1) is 12.5. The summed E-state index contributed by atoms with van der Waals surface area (Å²) in [6, 6.07) is 13.3. The third kappa shape index (κ3) is 4.41. The molecule has 1 aliphatic rings. The van der Waals surface area contributed by atoms with Gasteiger partial charge in [-0.3, -0.25) is 0 Å². The Bertz CT molecular complexity index is 756. The van der Waals surface area contributed by atoms with E-state index in [1.165, 1.54) is 16.8 Å². The molecule has 1 aliphatic heterocycles. The van der Waals surface area contributed by atoms with Crippen LogP contribution in [0.5, 0.6) is 5.75 Å². The van der Waals surface area contributed by atoms with Crippen molar-refractivity contribution < 1.29 is 9.53 Å². The summed E-state index contributed by atoms with van der Waals surface area (Å²) in [5.41, 5.74) is 3.86. The molecule has 1 fully saturated rings. The Morgan fingerprint density at radius 2 is 1.77 bits per heavy atom. The molecule has 0 aromatic heterocycles. The highest BCUT2D eigenvalue weighted by molar-refractivity contribution is 6.30. The second-order valence-electron chi connectivity index (χ2n) is 6.42. The number of anilines is 1. The Morgan fingerprint density at radius 3 is 2.46 bits per heavy atom. The Labute approximate surface area is 159 Å². The van der Waals surface area contributed by atoms with Crippen LogP contribution in [0.3, 0.4) is 0 Å². The molecule has 0 saturated carbocycles. The fourth-order valence-electron chi connectivity index (χ4n) is 3.05. The summed E-state index contributed by atoms with van der Waals surface area (Å²) in [7, 11) is 0. The van der Waals surface area contributed by atoms with E-state index >= 15 is 0 Å². The zero-order valence-corrected chi connectivity index (χ0v) is 15.9. The number of nitrogens with one attached hydrogen (secondary N) is 1. The molecule has 0 unspecified atom stereocenters. The largest absolute Gasteiger partial charge is 0.473 e. The van der Waals surface area contributed by atoms with E-state index in [1.807, 2.05) is 4.90 Å². The van der Waals surface area contributed by atoms with E-state index < -0.39 is 0 Å². The zero-order valence-electron chi connectivity index (χ0n) is 15.2. The standard InChI is InChI=1S/C20H24ClN3O2/c1-15-4-3-5-19(16(15)2)23-10-12-24(13-11-23)20(25)22-14-26-18-8-6-17(21)7-9-18/h3-9H,10-14H2,1-2H3,(H,22,25). The molecule has 0 atom stereocenters. The van der Waals surface area contributed by atoms with Crippen LogP contribution < -0.4 is 15.0 Å². The SMILES string of the molecule is Cc1cccc(N2CCN(C(=O)NCOc3ccc(Cl)cc3)CC2)c1C. The fourth-order valence-corrected chi connectivity index (χ4v) is 3.18. The first-order valence-corrected chi connectivity index (χ1v) is 9.14. The van der Waals surface area contributed by atoms with Gasteiger partial charge in [-0.2, -0.15) is 0 Å². The second-order valence-corrected chi connectivity index (χ2v) is 6.85. The molecule has 1 saturated heterocycles. The van der Waals surface area contributed by atoms with Crippen molar-refractivity contribution in [1.29, 1.82) is 0 Å². The number of urea groups is 1. The van der Waals surface area contributed by atoms with Crippen molar-refractivity contribution in [2.45, 2.75) is 13.8 Å². The average molecular weight is 374 g/mol. The molecular weight excluding hydrogens is 350 g/mol. The molecule has 0 spiro atoms. The van der Waals surface area contributed by atoms with Crippen LogP contribution in [0, 0.1) is 13.8 Å². The van der Waals surface area contributed by atoms with Crippen molar-refractivity contribution in [2.75, 3.05) is 37.8 Å². The van der Waals surface area contributed by atoms with Crippen LogP contribution in [0.4, 0.5) is 10.5 Å². The van der Waals surface area contributed by atoms with E-state index in [-0.39, 0.29) is 12.8 Å². The molecule has 2 aromatic carbocycles. The highest BCUT2D eigenvalue weighted by Gasteiger charge is 2.22. The number of benzene rings is 2. The maximum absolute atomic E-state index is 12.3. The minimum absolute atomic E-state index is 0.0976. The van der Waals surface area contributed by atoms with E-state index in [4.69, 9.17) is 16.3 Å². The molecule has 2 amide bonds. The molecule has 26 heavy (non-hydrogen) atoms. The molecule has 1 N–H and O–H groups in total. The van der Waals surface area contributed by atoms with Crippen LogP contribution in [0.2, 0.25) is 5.02 Å². The number of halogens is 1. The molecule has 5 nitrogen and oxygen atoms in total. The van der Waals surface area contributed by atoms with Crippen molar-refractivity contribution >= 4 is 23.3 Å². The van der Waals surface area contributed by atoms with Gasteiger partial charge in [0, 0.05) is 36.9 Å². The first kappa shape index (κ1) is 18.4. The zero-order chi connectivity index (χ0) is 18.5. The molecule has 0 radical (unpaired) electrons. The fraction of sp³-hybridized carbons (Fsp3) is 0.350. The van der Waals surface area contributed by atoms with E-state index in [9.17, 15) is 4.79 Å². The first-order valence-electron chi connectivity index (χ1n) is 8.77. The van der Waals surface area contributed by atoms with Crippen LogP contribution >= 0.6 is 11.6 Å². The summed E-state index contributed by atoms with van der Waals surface area (Å²) in [6.45, 7) is 7.46. The van der Waals surface area contributed by atoms with E-state index in [0.29, 0.717) is 23.9 Å². The van der Waals surface area contributed by atoms with Gasteiger partial charge in [0.05, 0.1) is 0 Å². The van der Waals surface area contributed by atoms with Crippen LogP contribution in [-0.4, -0.2) is 43.8 Å². The van der Waals surface area contributed by atoms with E-state index in [2.05, 4.69) is 42.3 Å². The van der Waals surface area contributed by atoms with Crippen LogP contribution in [0.15, 0.2) is 42.5 Å². The summed E-state index contributed by atoms with van der Waals surface area (Å²) in [5.74, 6) is 0.675. The number of hydrogen-bond donors (Lipinski definition) is 1. The number of aryl methyl sites for hydroxylation is 1. The Kier molecular flexibility index (Phi) is 5.89. The van der Waals surface area contributed by atoms with Gasteiger partial charge in [-0.25, -0.2) is 4.79 Å². The van der Waals surface area contributed by atoms with E-state index in [1.54, 1.807) is 24.3 Å². The molecule has 3 rings (SSSR count). The number of ether oxygens (including phenoxy) is 1. The van der Waals surface area contributed by atoms with Gasteiger partial charge in [0.2, 0.25) is 0 Å². The van der Waals surface area contributed by atoms with E-state index in [0.717, 1.165) is 13.1 Å². The third-order valence-electron chi connectivity index (χ3n) is 4.76. The van der Waals surface area contributed by atoms with Gasteiger partial charge >= 0.3 is 6.03 Å². The van der Waals surface area contributed by atoms with Gasteiger partial charge in [0.25, 0.3) is 0 Å². The van der Waals surface area contributed by atoms with Gasteiger partial charge < -0.3 is 19.9 Å². The van der Waals surface area contributed by atoms with Gasteiger partial charge in [-0.15, -0.1) is 0 Å². The molecule has 138 valence electrons. The van der Waals surface area contributed by atoms with Crippen molar-refractivity contribution in [2.24, 2.45) is 0 Å². The molecule has 6 heteroatoms. The third-order valence-corrected chi connectivity index (χ3v) is 5.01. The minimum atomic E-state index is -0.0976. The number of amides is 2. The maximum Gasteiger partial charge on any atom is 0.320 e. The van der Waals surface area contributed by atoms with Crippen molar-refractivity contribution in [1.82, 2.24) is 10.2 Å². The smallest absolute Gasteiger partial charge is 0.320 e. The quantitative estimate of drug-likeness (QED) is 0.828. The van der Waals surface area contributed by atoms with Gasteiger partial charge in [-0.1, -0.05) is 23.7 Å². The number of carbonyl (C=O) groups excluding carboxylic acids is 1. The summed E-state index contributed by atoms with van der Waals surface area (Å²) in [5, 5.41) is 3.46. The number of piperazine rings is 1. The van der Waals surface area contributed by atoms with Gasteiger partial charge in [-0.05, 0) is 55.3 Å². The average Bonchev–Trinajstić information content (AvgIpc) is 2.66. The number of nitrogens with zero attached hydrogens (tertiary/aromatic N) is 2. The Balaban J connectivity index is 1.46. The van der Waals surface area contributed by atoms with Crippen molar-refractivity contribution in [3.63, 3.8) is 0 Å². The lowest BCUT2D eigenvalue weighted by atomic mass is 10.1. The maximum atomic E-state index is 12.3. The predicted molar refractivity (Wildman–Crippen MR) is 105 cm³/mol. The summed E-state index contributed by atoms with van der Waals surface area (Å²) in [6.07, 6.45) is 0. The van der Waals surface area contributed by atoms with Gasteiger partial charge in [0.1, 0.15) is 5.75 Å². The van der Waals surface area contributed by atoms with Crippen LogP contribution in [0.25, 0.3) is 0 Å². The minimum Gasteiger partial charge on any atom is -0.473 e. The number of rotatable bonds is 4. The Hall–Kier alpha value is -2.40. The van der Waals surface area contributed by atoms with Gasteiger partial charge in [0.15, 0.2) is 6.73 Å². The molecule has 0 aliphatic carbocycles. The summed E-state index contributed by atoms with van der Waals surface area (Å²) in [4.78, 5) is 16.5. The van der Waals surface area contributed by atoms with Crippen LogP contribution in [-0.2, 0) is 0 Å². The number of hydrogen-bond acceptors (Lipinski definition) is 3. The molecular formula is C20H24ClN3O2.